The molecule has 1 N–H and O–H groups in total. The molecule has 0 aromatic carbocycles. The first-order valence-corrected chi connectivity index (χ1v) is 5.51. The van der Waals surface area contributed by atoms with Gasteiger partial charge in [-0.2, -0.15) is 0 Å². The zero-order valence-corrected chi connectivity index (χ0v) is 9.84. The van der Waals surface area contributed by atoms with Crippen molar-refractivity contribution < 1.29 is 14.3 Å². The molecule has 0 aromatic heterocycles. The number of piperidine rings is 1. The van der Waals surface area contributed by atoms with E-state index in [0.29, 0.717) is 0 Å². The van der Waals surface area contributed by atoms with Crippen LogP contribution in [-0.4, -0.2) is 37.4 Å². The maximum absolute atomic E-state index is 11.3. The Bertz CT molecular complexity index is 204. The molecule has 0 amide bonds. The van der Waals surface area contributed by atoms with Gasteiger partial charge in [0.15, 0.2) is 0 Å². The molecule has 0 atom stereocenters. The predicted molar refractivity (Wildman–Crippen MR) is 57.7 cm³/mol. The minimum Gasteiger partial charge on any atom is -0.458 e. The lowest BCUT2D eigenvalue weighted by Gasteiger charge is -2.24. The van der Waals surface area contributed by atoms with Crippen LogP contribution < -0.4 is 5.32 Å². The molecule has 0 spiro atoms. The van der Waals surface area contributed by atoms with Crippen molar-refractivity contribution in [3.8, 4) is 0 Å². The fourth-order valence-electron chi connectivity index (χ4n) is 1.52. The summed E-state index contributed by atoms with van der Waals surface area (Å²) >= 11 is 0. The largest absolute Gasteiger partial charge is 0.458 e. The number of ether oxygens (including phenoxy) is 2. The summed E-state index contributed by atoms with van der Waals surface area (Å²) in [5.74, 6) is -0.277. The molecule has 1 saturated heterocycles. The van der Waals surface area contributed by atoms with Crippen LogP contribution in [-0.2, 0) is 14.3 Å². The Morgan fingerprint density at radius 3 is 2.47 bits per heavy atom. The average Bonchev–Trinajstić information content (AvgIpc) is 2.14. The highest BCUT2D eigenvalue weighted by Gasteiger charge is 2.19. The van der Waals surface area contributed by atoms with Gasteiger partial charge in [-0.1, -0.05) is 0 Å². The van der Waals surface area contributed by atoms with Crippen LogP contribution in [0.3, 0.4) is 0 Å². The van der Waals surface area contributed by atoms with Crippen LogP contribution in [0.5, 0.6) is 0 Å². The Kier molecular flexibility index (Phi) is 4.54. The smallest absolute Gasteiger partial charge is 0.332 e. The van der Waals surface area contributed by atoms with E-state index < -0.39 is 5.60 Å². The van der Waals surface area contributed by atoms with Crippen molar-refractivity contribution >= 4 is 5.97 Å². The third-order valence-electron chi connectivity index (χ3n) is 2.14. The number of nitrogens with one attached hydrogen (secondary N) is 1. The Hall–Kier alpha value is -0.610. The van der Waals surface area contributed by atoms with E-state index in [4.69, 9.17) is 9.47 Å². The molecule has 1 fully saturated rings. The van der Waals surface area contributed by atoms with Gasteiger partial charge in [-0.3, -0.25) is 0 Å². The summed E-state index contributed by atoms with van der Waals surface area (Å²) < 4.78 is 10.6. The fourth-order valence-corrected chi connectivity index (χ4v) is 1.52. The van der Waals surface area contributed by atoms with Gasteiger partial charge in [-0.15, -0.1) is 0 Å². The van der Waals surface area contributed by atoms with Crippen LogP contribution in [0.25, 0.3) is 0 Å². The maximum atomic E-state index is 11.3. The van der Waals surface area contributed by atoms with Crippen LogP contribution in [0, 0.1) is 0 Å². The summed E-state index contributed by atoms with van der Waals surface area (Å²) in [6, 6.07) is 0. The molecule has 88 valence electrons. The van der Waals surface area contributed by atoms with Crippen molar-refractivity contribution in [1.82, 2.24) is 5.32 Å². The van der Waals surface area contributed by atoms with Crippen molar-refractivity contribution in [3.63, 3.8) is 0 Å². The molecule has 1 heterocycles. The van der Waals surface area contributed by atoms with Crippen molar-refractivity contribution in [2.24, 2.45) is 0 Å². The number of esters is 1. The lowest BCUT2D eigenvalue weighted by Crippen LogP contribution is -2.34. The second kappa shape index (κ2) is 5.47. The van der Waals surface area contributed by atoms with E-state index in [1.807, 2.05) is 20.8 Å². The third-order valence-corrected chi connectivity index (χ3v) is 2.14. The SMILES string of the molecule is CC(C)(C)OC(=O)COC1CCNCC1. The van der Waals surface area contributed by atoms with Crippen LogP contribution in [0.2, 0.25) is 0 Å². The molecular formula is C11H21NO3. The minimum absolute atomic E-state index is 0.0714. The summed E-state index contributed by atoms with van der Waals surface area (Å²) in [5.41, 5.74) is -0.422. The molecule has 0 radical (unpaired) electrons. The van der Waals surface area contributed by atoms with Gasteiger partial charge in [0, 0.05) is 0 Å². The van der Waals surface area contributed by atoms with Gasteiger partial charge in [0.2, 0.25) is 0 Å². The minimum atomic E-state index is -0.422. The molecule has 1 rings (SSSR count). The zero-order chi connectivity index (χ0) is 11.3. The molecule has 1 aliphatic rings. The Morgan fingerprint density at radius 1 is 1.33 bits per heavy atom. The molecule has 0 saturated carbocycles. The molecule has 15 heavy (non-hydrogen) atoms. The van der Waals surface area contributed by atoms with E-state index in [1.54, 1.807) is 0 Å². The van der Waals surface area contributed by atoms with Gasteiger partial charge >= 0.3 is 5.97 Å². The van der Waals surface area contributed by atoms with Crippen molar-refractivity contribution in [3.05, 3.63) is 0 Å². The first-order valence-electron chi connectivity index (χ1n) is 5.51. The number of hydrogen-bond acceptors (Lipinski definition) is 4. The predicted octanol–water partition coefficient (Wildman–Crippen LogP) is 1.10. The number of carbonyl (C=O) groups is 1. The first kappa shape index (κ1) is 12.5. The monoisotopic (exact) mass is 215 g/mol. The molecule has 4 heteroatoms. The fraction of sp³-hybridized carbons (Fsp3) is 0.909. The third kappa shape index (κ3) is 5.74. The van der Waals surface area contributed by atoms with Crippen molar-refractivity contribution in [2.75, 3.05) is 19.7 Å². The van der Waals surface area contributed by atoms with E-state index in [0.717, 1.165) is 25.9 Å². The van der Waals surface area contributed by atoms with E-state index >= 15 is 0 Å². The second-order valence-electron chi connectivity index (χ2n) is 4.85. The molecule has 1 aliphatic heterocycles. The van der Waals surface area contributed by atoms with Gasteiger partial charge in [0.25, 0.3) is 0 Å². The van der Waals surface area contributed by atoms with E-state index in [2.05, 4.69) is 5.32 Å². The summed E-state index contributed by atoms with van der Waals surface area (Å²) in [7, 11) is 0. The standard InChI is InChI=1S/C11H21NO3/c1-11(2,3)15-10(13)8-14-9-4-6-12-7-5-9/h9,12H,4-8H2,1-3H3. The summed E-state index contributed by atoms with van der Waals surface area (Å²) in [4.78, 5) is 11.3. The Balaban J connectivity index is 2.15. The molecule has 4 nitrogen and oxygen atoms in total. The highest BCUT2D eigenvalue weighted by atomic mass is 16.6. The Labute approximate surface area is 91.3 Å². The maximum Gasteiger partial charge on any atom is 0.332 e. The number of hydrogen-bond donors (Lipinski definition) is 1. The highest BCUT2D eigenvalue weighted by molar-refractivity contribution is 5.71. The summed E-state index contributed by atoms with van der Waals surface area (Å²) in [6.45, 7) is 7.58. The molecule has 0 aliphatic carbocycles. The van der Waals surface area contributed by atoms with Crippen LogP contribution in [0.4, 0.5) is 0 Å². The van der Waals surface area contributed by atoms with Crippen molar-refractivity contribution in [2.45, 2.75) is 45.3 Å². The zero-order valence-electron chi connectivity index (χ0n) is 9.84. The molecule has 0 aromatic rings. The van der Waals surface area contributed by atoms with Crippen molar-refractivity contribution in [1.29, 1.82) is 0 Å². The van der Waals surface area contributed by atoms with Crippen LogP contribution >= 0.6 is 0 Å². The topological polar surface area (TPSA) is 47.6 Å². The summed E-state index contributed by atoms with van der Waals surface area (Å²) in [6.07, 6.45) is 2.16. The molecule has 0 unspecified atom stereocenters. The average molecular weight is 215 g/mol. The van der Waals surface area contributed by atoms with Gasteiger partial charge in [0.1, 0.15) is 12.2 Å². The quantitative estimate of drug-likeness (QED) is 0.716. The first-order chi connectivity index (χ1) is 6.97. The normalized spacial score (nSPS) is 18.9. The van der Waals surface area contributed by atoms with Gasteiger partial charge in [-0.05, 0) is 46.7 Å². The summed E-state index contributed by atoms with van der Waals surface area (Å²) in [5, 5.41) is 3.24. The molecular weight excluding hydrogens is 194 g/mol. The van der Waals surface area contributed by atoms with Gasteiger partial charge < -0.3 is 14.8 Å². The second-order valence-corrected chi connectivity index (χ2v) is 4.85. The van der Waals surface area contributed by atoms with Gasteiger partial charge in [-0.25, -0.2) is 4.79 Å². The lowest BCUT2D eigenvalue weighted by atomic mass is 10.1. The lowest BCUT2D eigenvalue weighted by molar-refractivity contribution is -0.162. The highest BCUT2D eigenvalue weighted by Crippen LogP contribution is 2.10. The van der Waals surface area contributed by atoms with Gasteiger partial charge in [0.05, 0.1) is 6.10 Å². The number of carbonyl (C=O) groups excluding carboxylic acids is 1. The molecule has 0 bridgehead atoms. The Morgan fingerprint density at radius 2 is 1.93 bits per heavy atom. The number of rotatable bonds is 3. The van der Waals surface area contributed by atoms with E-state index in [-0.39, 0.29) is 18.7 Å². The van der Waals surface area contributed by atoms with Crippen LogP contribution in [0.15, 0.2) is 0 Å². The van der Waals surface area contributed by atoms with E-state index in [9.17, 15) is 4.79 Å². The van der Waals surface area contributed by atoms with Crippen LogP contribution in [0.1, 0.15) is 33.6 Å². The van der Waals surface area contributed by atoms with E-state index in [1.165, 1.54) is 0 Å².